The molecule has 0 saturated heterocycles. The van der Waals surface area contributed by atoms with E-state index in [1.165, 1.54) is 63.6 Å². The molecule has 0 aliphatic rings. The van der Waals surface area contributed by atoms with E-state index in [9.17, 15) is 4.39 Å². The summed E-state index contributed by atoms with van der Waals surface area (Å²) in [5, 5.41) is 5.08. The molecular formula is C46H27FN2S2. The van der Waals surface area contributed by atoms with Crippen molar-refractivity contribution in [1.29, 1.82) is 0 Å². The minimum absolute atomic E-state index is 0.278. The van der Waals surface area contributed by atoms with E-state index >= 15 is 0 Å². The van der Waals surface area contributed by atoms with Crippen LogP contribution < -0.4 is 0 Å². The van der Waals surface area contributed by atoms with Crippen molar-refractivity contribution in [3.8, 4) is 56.2 Å². The molecule has 7 aromatic carbocycles. The Labute approximate surface area is 301 Å². The summed E-state index contributed by atoms with van der Waals surface area (Å²) >= 11 is 3.68. The van der Waals surface area contributed by atoms with Gasteiger partial charge in [0.05, 0.1) is 11.4 Å². The van der Waals surface area contributed by atoms with E-state index in [0.717, 1.165) is 39.2 Å². The number of benzene rings is 7. The summed E-state index contributed by atoms with van der Waals surface area (Å²) in [5.41, 5.74) is 8.92. The summed E-state index contributed by atoms with van der Waals surface area (Å²) in [7, 11) is 0. The summed E-state index contributed by atoms with van der Waals surface area (Å²) < 4.78 is 19.1. The van der Waals surface area contributed by atoms with Crippen LogP contribution in [0.5, 0.6) is 0 Å². The molecule has 2 nitrogen and oxygen atoms in total. The fourth-order valence-corrected chi connectivity index (χ4v) is 9.59. The van der Waals surface area contributed by atoms with Gasteiger partial charge in [-0.05, 0) is 82.9 Å². The van der Waals surface area contributed by atoms with Gasteiger partial charge in [-0.1, -0.05) is 103 Å². The van der Waals surface area contributed by atoms with Gasteiger partial charge in [-0.15, -0.1) is 22.7 Å². The highest BCUT2D eigenvalue weighted by Crippen LogP contribution is 2.45. The minimum atomic E-state index is -0.278. The molecule has 0 N–H and O–H groups in total. The average molecular weight is 691 g/mol. The topological polar surface area (TPSA) is 25.8 Å². The van der Waals surface area contributed by atoms with Gasteiger partial charge in [0.25, 0.3) is 0 Å². The quantitative estimate of drug-likeness (QED) is 0.180. The molecule has 0 unspecified atom stereocenters. The third kappa shape index (κ3) is 5.21. The minimum Gasteiger partial charge on any atom is -0.228 e. The van der Waals surface area contributed by atoms with Crippen LogP contribution in [0.1, 0.15) is 0 Å². The number of nitrogens with zero attached hydrogens (tertiary/aromatic N) is 2. The first-order valence-electron chi connectivity index (χ1n) is 16.8. The zero-order valence-electron chi connectivity index (χ0n) is 27.2. The lowest BCUT2D eigenvalue weighted by Gasteiger charge is -2.14. The number of hydrogen-bond acceptors (Lipinski definition) is 4. The van der Waals surface area contributed by atoms with Crippen molar-refractivity contribution in [3.63, 3.8) is 0 Å². The predicted molar refractivity (Wildman–Crippen MR) is 215 cm³/mol. The van der Waals surface area contributed by atoms with Crippen molar-refractivity contribution in [2.24, 2.45) is 0 Å². The molecule has 0 aliphatic carbocycles. The van der Waals surface area contributed by atoms with E-state index in [2.05, 4.69) is 103 Å². The lowest BCUT2D eigenvalue weighted by Crippen LogP contribution is -1.96. The van der Waals surface area contributed by atoms with E-state index in [1.54, 1.807) is 12.1 Å². The largest absolute Gasteiger partial charge is 0.228 e. The fourth-order valence-electron chi connectivity index (χ4n) is 7.12. The van der Waals surface area contributed by atoms with Gasteiger partial charge in [0, 0.05) is 57.0 Å². The van der Waals surface area contributed by atoms with Crippen LogP contribution >= 0.6 is 22.7 Å². The number of fused-ring (bicyclic) bond motifs is 6. The maximum absolute atomic E-state index is 14.0. The molecule has 3 aromatic heterocycles. The van der Waals surface area contributed by atoms with Gasteiger partial charge in [0.15, 0.2) is 5.82 Å². The number of thiophene rings is 2. The van der Waals surface area contributed by atoms with Crippen molar-refractivity contribution in [1.82, 2.24) is 9.97 Å². The molecule has 51 heavy (non-hydrogen) atoms. The zero-order chi connectivity index (χ0) is 33.9. The van der Waals surface area contributed by atoms with Crippen molar-refractivity contribution >= 4 is 63.0 Å². The smallest absolute Gasteiger partial charge is 0.160 e. The maximum Gasteiger partial charge on any atom is 0.160 e. The Balaban J connectivity index is 1.26. The van der Waals surface area contributed by atoms with Crippen molar-refractivity contribution in [2.75, 3.05) is 0 Å². The van der Waals surface area contributed by atoms with Gasteiger partial charge in [-0.25, -0.2) is 14.4 Å². The van der Waals surface area contributed by atoms with Crippen LogP contribution in [0, 0.1) is 5.82 Å². The lowest BCUT2D eigenvalue weighted by molar-refractivity contribution is 0.628. The second kappa shape index (κ2) is 12.1. The Morgan fingerprint density at radius 1 is 0.373 bits per heavy atom. The van der Waals surface area contributed by atoms with Crippen LogP contribution in [0.3, 0.4) is 0 Å². The number of aromatic nitrogens is 2. The number of rotatable bonds is 5. The lowest BCUT2D eigenvalue weighted by atomic mass is 9.93. The van der Waals surface area contributed by atoms with Gasteiger partial charge in [-0.3, -0.25) is 0 Å². The van der Waals surface area contributed by atoms with E-state index in [-0.39, 0.29) is 5.82 Å². The molecule has 0 spiro atoms. The van der Waals surface area contributed by atoms with Crippen LogP contribution in [0.2, 0.25) is 0 Å². The number of hydrogen-bond donors (Lipinski definition) is 0. The van der Waals surface area contributed by atoms with Gasteiger partial charge in [0.2, 0.25) is 0 Å². The molecule has 0 bridgehead atoms. The van der Waals surface area contributed by atoms with Gasteiger partial charge < -0.3 is 0 Å². The predicted octanol–water partition coefficient (Wildman–Crippen LogP) is 13.7. The van der Waals surface area contributed by atoms with E-state index in [1.807, 2.05) is 59.1 Å². The van der Waals surface area contributed by atoms with Crippen LogP contribution in [-0.4, -0.2) is 9.97 Å². The SMILES string of the molecule is Fc1ccc(-c2cc(-c3cc(-c4cccc5c4sc4ccccc45)cc(-c4cccc5c4sc4ccccc45)c3)nc(-c3ccccc3)n2)cc1. The third-order valence-electron chi connectivity index (χ3n) is 9.56. The Morgan fingerprint density at radius 3 is 1.45 bits per heavy atom. The molecule has 10 rings (SSSR count). The molecule has 0 atom stereocenters. The Morgan fingerprint density at radius 2 is 0.863 bits per heavy atom. The third-order valence-corrected chi connectivity index (χ3v) is 12.0. The monoisotopic (exact) mass is 690 g/mol. The molecule has 0 saturated carbocycles. The highest BCUT2D eigenvalue weighted by Gasteiger charge is 2.18. The summed E-state index contributed by atoms with van der Waals surface area (Å²) in [4.78, 5) is 10.2. The fraction of sp³-hybridized carbons (Fsp3) is 0. The first-order chi connectivity index (χ1) is 25.2. The van der Waals surface area contributed by atoms with Crippen LogP contribution in [-0.2, 0) is 0 Å². The van der Waals surface area contributed by atoms with Crippen molar-refractivity contribution < 1.29 is 4.39 Å². The van der Waals surface area contributed by atoms with Gasteiger partial charge in [-0.2, -0.15) is 0 Å². The van der Waals surface area contributed by atoms with Gasteiger partial charge in [0.1, 0.15) is 5.82 Å². The summed E-state index contributed by atoms with van der Waals surface area (Å²) in [6, 6.07) is 56.0. The summed E-state index contributed by atoms with van der Waals surface area (Å²) in [6.07, 6.45) is 0. The Hall–Kier alpha value is -6.01. The number of halogens is 1. The highest BCUT2D eigenvalue weighted by atomic mass is 32.1. The van der Waals surface area contributed by atoms with E-state index < -0.39 is 0 Å². The van der Waals surface area contributed by atoms with Crippen molar-refractivity contribution in [2.45, 2.75) is 0 Å². The molecule has 240 valence electrons. The van der Waals surface area contributed by atoms with E-state index in [4.69, 9.17) is 9.97 Å². The maximum atomic E-state index is 14.0. The average Bonchev–Trinajstić information content (AvgIpc) is 3.77. The zero-order valence-corrected chi connectivity index (χ0v) is 28.8. The normalized spacial score (nSPS) is 11.6. The molecular weight excluding hydrogens is 664 g/mol. The molecule has 3 heterocycles. The first kappa shape index (κ1) is 29.9. The molecule has 0 fully saturated rings. The standard InChI is InChI=1S/C46H27FN2S2/c47-33-22-20-28(21-23-33)40-27-41(49-46(48-40)29-10-2-1-3-11-29)32-25-30(34-14-8-16-38-36-12-4-6-18-42(36)50-44(34)38)24-31(26-32)35-15-9-17-39-37-13-5-7-19-43(37)51-45(35)39/h1-27H. The molecule has 10 aromatic rings. The molecule has 5 heteroatoms. The first-order valence-corrected chi connectivity index (χ1v) is 18.5. The van der Waals surface area contributed by atoms with Crippen LogP contribution in [0.4, 0.5) is 4.39 Å². The van der Waals surface area contributed by atoms with Gasteiger partial charge >= 0.3 is 0 Å². The Kier molecular flexibility index (Phi) is 7.08. The second-order valence-electron chi connectivity index (χ2n) is 12.7. The van der Waals surface area contributed by atoms with Crippen LogP contribution in [0.25, 0.3) is 96.5 Å². The van der Waals surface area contributed by atoms with Crippen LogP contribution in [0.15, 0.2) is 164 Å². The molecule has 0 amide bonds. The summed E-state index contributed by atoms with van der Waals surface area (Å²) in [5.74, 6) is 0.345. The highest BCUT2D eigenvalue weighted by molar-refractivity contribution is 7.26. The van der Waals surface area contributed by atoms with Crippen molar-refractivity contribution in [3.05, 3.63) is 170 Å². The second-order valence-corrected chi connectivity index (χ2v) is 14.8. The van der Waals surface area contributed by atoms with E-state index in [0.29, 0.717) is 5.82 Å². The molecule has 0 radical (unpaired) electrons. The summed E-state index contributed by atoms with van der Waals surface area (Å²) in [6.45, 7) is 0. The Bertz CT molecular complexity index is 2790. The molecule has 0 aliphatic heterocycles.